The van der Waals surface area contributed by atoms with Crippen LogP contribution in [0.1, 0.15) is 25.7 Å². The number of ether oxygens (including phenoxy) is 1. The summed E-state index contributed by atoms with van der Waals surface area (Å²) in [6, 6.07) is 0. The molecule has 0 spiro atoms. The maximum absolute atomic E-state index is 10.8. The van der Waals surface area contributed by atoms with Crippen LogP contribution in [0.25, 0.3) is 0 Å². The molecule has 1 aliphatic rings. The van der Waals surface area contributed by atoms with Gasteiger partial charge in [0, 0.05) is 6.42 Å². The van der Waals surface area contributed by atoms with Gasteiger partial charge >= 0.3 is 5.97 Å². The Morgan fingerprint density at radius 2 is 2.50 bits per heavy atom. The molecule has 1 aliphatic heterocycles. The summed E-state index contributed by atoms with van der Waals surface area (Å²) in [5, 5.41) is 3.32. The topological polar surface area (TPSA) is 38.3 Å². The molecule has 1 atom stereocenters. The van der Waals surface area contributed by atoms with Gasteiger partial charge in [0.15, 0.2) is 0 Å². The van der Waals surface area contributed by atoms with Crippen LogP contribution in [0.5, 0.6) is 0 Å². The molecule has 0 bridgehead atoms. The molecule has 1 N–H and O–H groups in total. The van der Waals surface area contributed by atoms with Crippen molar-refractivity contribution in [2.75, 3.05) is 20.2 Å². The third-order valence-electron chi connectivity index (χ3n) is 2.38. The highest BCUT2D eigenvalue weighted by atomic mass is 16.5. The summed E-state index contributed by atoms with van der Waals surface area (Å²) in [6.45, 7) is 2.20. The number of hydrogen-bond donors (Lipinski definition) is 1. The predicted molar refractivity (Wildman–Crippen MR) is 46.8 cm³/mol. The van der Waals surface area contributed by atoms with Gasteiger partial charge in [-0.3, -0.25) is 4.79 Å². The smallest absolute Gasteiger partial charge is 0.305 e. The van der Waals surface area contributed by atoms with Gasteiger partial charge in [0.25, 0.3) is 0 Å². The molecule has 0 unspecified atom stereocenters. The second kappa shape index (κ2) is 5.14. The van der Waals surface area contributed by atoms with E-state index in [1.54, 1.807) is 0 Å². The van der Waals surface area contributed by atoms with E-state index >= 15 is 0 Å². The summed E-state index contributed by atoms with van der Waals surface area (Å²) in [5.74, 6) is 0.596. The van der Waals surface area contributed by atoms with Crippen molar-refractivity contribution in [2.45, 2.75) is 25.7 Å². The summed E-state index contributed by atoms with van der Waals surface area (Å²) in [7, 11) is 1.45. The monoisotopic (exact) mass is 171 g/mol. The van der Waals surface area contributed by atoms with E-state index in [0.717, 1.165) is 19.5 Å². The maximum Gasteiger partial charge on any atom is 0.305 e. The van der Waals surface area contributed by atoms with E-state index in [2.05, 4.69) is 10.1 Å². The highest BCUT2D eigenvalue weighted by Crippen LogP contribution is 2.15. The number of carbonyl (C=O) groups is 1. The molecular formula is C9H17NO2. The second-order valence-electron chi connectivity index (χ2n) is 3.33. The number of carbonyl (C=O) groups excluding carboxylic acids is 1. The Kier molecular flexibility index (Phi) is 4.08. The van der Waals surface area contributed by atoms with Crippen LogP contribution in [-0.4, -0.2) is 26.2 Å². The Labute approximate surface area is 73.5 Å². The number of rotatable bonds is 3. The molecule has 0 saturated carbocycles. The van der Waals surface area contributed by atoms with E-state index in [9.17, 15) is 4.79 Å². The predicted octanol–water partition coefficient (Wildman–Crippen LogP) is 0.939. The van der Waals surface area contributed by atoms with Crippen LogP contribution in [0.4, 0.5) is 0 Å². The largest absolute Gasteiger partial charge is 0.469 e. The first kappa shape index (κ1) is 9.52. The van der Waals surface area contributed by atoms with Gasteiger partial charge in [-0.2, -0.15) is 0 Å². The van der Waals surface area contributed by atoms with Crippen LogP contribution in [0.3, 0.4) is 0 Å². The van der Waals surface area contributed by atoms with Crippen molar-refractivity contribution in [1.82, 2.24) is 5.32 Å². The van der Waals surface area contributed by atoms with Crippen molar-refractivity contribution in [3.05, 3.63) is 0 Å². The molecule has 0 amide bonds. The average molecular weight is 171 g/mol. The van der Waals surface area contributed by atoms with Crippen LogP contribution in [0.2, 0.25) is 0 Å². The van der Waals surface area contributed by atoms with Gasteiger partial charge in [-0.05, 0) is 38.3 Å². The molecule has 1 rings (SSSR count). The number of nitrogens with one attached hydrogen (secondary N) is 1. The molecule has 12 heavy (non-hydrogen) atoms. The highest BCUT2D eigenvalue weighted by Gasteiger charge is 2.14. The molecule has 1 fully saturated rings. The summed E-state index contributed by atoms with van der Waals surface area (Å²) in [4.78, 5) is 10.8. The summed E-state index contributed by atoms with van der Waals surface area (Å²) in [5.41, 5.74) is 0. The number of methoxy groups -OCH3 is 1. The average Bonchev–Trinajstić information content (AvgIpc) is 2.16. The Hall–Kier alpha value is -0.570. The van der Waals surface area contributed by atoms with Crippen LogP contribution < -0.4 is 5.32 Å². The van der Waals surface area contributed by atoms with E-state index < -0.39 is 0 Å². The van der Waals surface area contributed by atoms with E-state index in [-0.39, 0.29) is 5.97 Å². The first-order chi connectivity index (χ1) is 5.83. The molecular weight excluding hydrogens is 154 g/mol. The lowest BCUT2D eigenvalue weighted by Gasteiger charge is -2.21. The van der Waals surface area contributed by atoms with Gasteiger partial charge < -0.3 is 10.1 Å². The standard InChI is InChI=1S/C9H17NO2/c1-12-9(11)5-4-8-3-2-6-10-7-8/h8,10H,2-7H2,1H3/t8-/m1/s1. The normalized spacial score (nSPS) is 23.6. The van der Waals surface area contributed by atoms with E-state index in [1.165, 1.54) is 20.0 Å². The van der Waals surface area contributed by atoms with Crippen LogP contribution in [0, 0.1) is 5.92 Å². The van der Waals surface area contributed by atoms with E-state index in [4.69, 9.17) is 0 Å². The molecule has 0 aromatic heterocycles. The van der Waals surface area contributed by atoms with E-state index in [0.29, 0.717) is 12.3 Å². The van der Waals surface area contributed by atoms with Crippen molar-refractivity contribution in [2.24, 2.45) is 5.92 Å². The van der Waals surface area contributed by atoms with Crippen LogP contribution in [0.15, 0.2) is 0 Å². The van der Waals surface area contributed by atoms with Gasteiger partial charge in [0.1, 0.15) is 0 Å². The van der Waals surface area contributed by atoms with Crippen molar-refractivity contribution < 1.29 is 9.53 Å². The van der Waals surface area contributed by atoms with Crippen LogP contribution in [-0.2, 0) is 9.53 Å². The number of piperidine rings is 1. The fourth-order valence-electron chi connectivity index (χ4n) is 1.59. The molecule has 0 aromatic carbocycles. The van der Waals surface area contributed by atoms with E-state index in [1.807, 2.05) is 0 Å². The van der Waals surface area contributed by atoms with Crippen molar-refractivity contribution in [1.29, 1.82) is 0 Å². The van der Waals surface area contributed by atoms with Crippen molar-refractivity contribution in [3.63, 3.8) is 0 Å². The van der Waals surface area contributed by atoms with Crippen molar-refractivity contribution in [3.8, 4) is 0 Å². The zero-order chi connectivity index (χ0) is 8.81. The Morgan fingerprint density at radius 1 is 1.67 bits per heavy atom. The number of esters is 1. The third-order valence-corrected chi connectivity index (χ3v) is 2.38. The Balaban J connectivity index is 2.09. The first-order valence-electron chi connectivity index (χ1n) is 4.60. The van der Waals surface area contributed by atoms with Gasteiger partial charge in [-0.25, -0.2) is 0 Å². The maximum atomic E-state index is 10.8. The van der Waals surface area contributed by atoms with Crippen molar-refractivity contribution >= 4 is 5.97 Å². The Bertz CT molecular complexity index is 141. The Morgan fingerprint density at radius 3 is 3.08 bits per heavy atom. The SMILES string of the molecule is COC(=O)CC[C@H]1CCCNC1. The lowest BCUT2D eigenvalue weighted by atomic mass is 9.95. The zero-order valence-corrected chi connectivity index (χ0v) is 7.64. The lowest BCUT2D eigenvalue weighted by molar-refractivity contribution is -0.140. The summed E-state index contributed by atoms with van der Waals surface area (Å²) < 4.78 is 4.58. The van der Waals surface area contributed by atoms with Gasteiger partial charge in [0.05, 0.1) is 7.11 Å². The lowest BCUT2D eigenvalue weighted by Crippen LogP contribution is -2.30. The minimum Gasteiger partial charge on any atom is -0.469 e. The summed E-state index contributed by atoms with van der Waals surface area (Å²) in [6.07, 6.45) is 4.04. The van der Waals surface area contributed by atoms with Gasteiger partial charge in [-0.15, -0.1) is 0 Å². The van der Waals surface area contributed by atoms with Gasteiger partial charge in [0.2, 0.25) is 0 Å². The molecule has 70 valence electrons. The van der Waals surface area contributed by atoms with Gasteiger partial charge in [-0.1, -0.05) is 0 Å². The summed E-state index contributed by atoms with van der Waals surface area (Å²) >= 11 is 0. The van der Waals surface area contributed by atoms with Crippen LogP contribution >= 0.6 is 0 Å². The molecule has 3 heteroatoms. The molecule has 1 heterocycles. The fraction of sp³-hybridized carbons (Fsp3) is 0.889. The molecule has 1 saturated heterocycles. The molecule has 0 aromatic rings. The fourth-order valence-corrected chi connectivity index (χ4v) is 1.59. The first-order valence-corrected chi connectivity index (χ1v) is 4.60. The minimum absolute atomic E-state index is 0.0828. The highest BCUT2D eigenvalue weighted by molar-refractivity contribution is 5.69. The molecule has 3 nitrogen and oxygen atoms in total. The molecule has 0 aliphatic carbocycles. The minimum atomic E-state index is -0.0828. The zero-order valence-electron chi connectivity index (χ0n) is 7.64. The second-order valence-corrected chi connectivity index (χ2v) is 3.33. The number of hydrogen-bond acceptors (Lipinski definition) is 3. The quantitative estimate of drug-likeness (QED) is 0.642. The molecule has 0 radical (unpaired) electrons. The third kappa shape index (κ3) is 3.22.